The third-order valence-corrected chi connectivity index (χ3v) is 3.99. The Hall–Kier alpha value is -2.07. The normalized spacial score (nSPS) is 11.4. The van der Waals surface area contributed by atoms with Gasteiger partial charge in [-0.25, -0.2) is 0 Å². The van der Waals surface area contributed by atoms with Crippen LogP contribution in [-0.4, -0.2) is 20.9 Å². The smallest absolute Gasteiger partial charge is 0.0645 e. The third kappa shape index (κ3) is 2.72. The Morgan fingerprint density at radius 3 is 2.76 bits per heavy atom. The molecule has 0 aliphatic rings. The van der Waals surface area contributed by atoms with Crippen LogP contribution in [0, 0.1) is 0 Å². The lowest BCUT2D eigenvalue weighted by Crippen LogP contribution is -2.05. The monoisotopic (exact) mass is 282 g/mol. The summed E-state index contributed by atoms with van der Waals surface area (Å²) in [5, 5.41) is 5.80. The Labute approximate surface area is 125 Å². The summed E-state index contributed by atoms with van der Waals surface area (Å²) < 4.78 is 4.26. The van der Waals surface area contributed by atoms with Gasteiger partial charge in [0.05, 0.1) is 17.9 Å². The lowest BCUT2D eigenvalue weighted by atomic mass is 10.1. The summed E-state index contributed by atoms with van der Waals surface area (Å²) >= 11 is 0. The van der Waals surface area contributed by atoms with Gasteiger partial charge in [-0.15, -0.1) is 0 Å². The first-order valence-corrected chi connectivity index (χ1v) is 7.51. The maximum Gasteiger partial charge on any atom is 0.0645 e. The van der Waals surface area contributed by atoms with Crippen LogP contribution in [0.3, 0.4) is 0 Å². The van der Waals surface area contributed by atoms with Crippen molar-refractivity contribution in [3.8, 4) is 0 Å². The molecule has 0 radical (unpaired) electrons. The molecule has 2 heterocycles. The summed E-state index contributed by atoms with van der Waals surface area (Å²) in [6.45, 7) is 3.67. The summed E-state index contributed by atoms with van der Waals surface area (Å²) in [6.07, 6.45) is 4.04. The number of aromatic nitrogens is 3. The van der Waals surface area contributed by atoms with Crippen molar-refractivity contribution in [3.05, 3.63) is 53.5 Å². The molecule has 110 valence electrons. The van der Waals surface area contributed by atoms with E-state index in [-0.39, 0.29) is 0 Å². The molecular formula is C17H22N4. The average molecular weight is 282 g/mol. The zero-order valence-electron chi connectivity index (χ0n) is 12.7. The summed E-state index contributed by atoms with van der Waals surface area (Å²) in [5.74, 6) is 0. The van der Waals surface area contributed by atoms with Gasteiger partial charge >= 0.3 is 0 Å². The molecule has 2 N–H and O–H groups in total. The Kier molecular flexibility index (Phi) is 3.80. The van der Waals surface area contributed by atoms with E-state index < -0.39 is 0 Å². The van der Waals surface area contributed by atoms with E-state index in [9.17, 15) is 0 Å². The summed E-state index contributed by atoms with van der Waals surface area (Å²) in [7, 11) is 2.01. The molecule has 0 fully saturated rings. The van der Waals surface area contributed by atoms with Crippen LogP contribution in [0.15, 0.2) is 36.5 Å². The first-order valence-electron chi connectivity index (χ1n) is 7.51. The van der Waals surface area contributed by atoms with E-state index in [1.165, 1.54) is 22.2 Å². The van der Waals surface area contributed by atoms with Crippen LogP contribution in [0.25, 0.3) is 10.9 Å². The molecule has 1 aromatic carbocycles. The van der Waals surface area contributed by atoms with Crippen molar-refractivity contribution in [2.24, 2.45) is 12.8 Å². The number of rotatable bonds is 5. The largest absolute Gasteiger partial charge is 0.341 e. The van der Waals surface area contributed by atoms with Crippen LogP contribution < -0.4 is 5.73 Å². The number of nitrogens with two attached hydrogens (primary N) is 1. The van der Waals surface area contributed by atoms with Crippen molar-refractivity contribution in [1.29, 1.82) is 0 Å². The highest BCUT2D eigenvalue weighted by Gasteiger charge is 2.07. The fourth-order valence-electron chi connectivity index (χ4n) is 2.76. The maximum atomic E-state index is 5.66. The third-order valence-electron chi connectivity index (χ3n) is 3.99. The first-order chi connectivity index (χ1) is 10.2. The van der Waals surface area contributed by atoms with E-state index in [1.807, 2.05) is 11.7 Å². The molecular weight excluding hydrogens is 260 g/mol. The SMILES string of the molecule is CCc1cc(Cn2ccc3ccc(CCN)cc32)n(C)n1. The lowest BCUT2D eigenvalue weighted by molar-refractivity contribution is 0.669. The predicted molar refractivity (Wildman–Crippen MR) is 86.4 cm³/mol. The molecule has 0 unspecified atom stereocenters. The fourth-order valence-corrected chi connectivity index (χ4v) is 2.76. The Balaban J connectivity index is 1.95. The van der Waals surface area contributed by atoms with Crippen molar-refractivity contribution in [2.75, 3.05) is 6.54 Å². The van der Waals surface area contributed by atoms with E-state index >= 15 is 0 Å². The number of hydrogen-bond acceptors (Lipinski definition) is 2. The van der Waals surface area contributed by atoms with Gasteiger partial charge in [0.25, 0.3) is 0 Å². The van der Waals surface area contributed by atoms with Gasteiger partial charge in [0.15, 0.2) is 0 Å². The minimum atomic E-state index is 0.688. The Bertz CT molecular complexity index is 751. The molecule has 3 aromatic rings. The van der Waals surface area contributed by atoms with Crippen LogP contribution in [0.2, 0.25) is 0 Å². The molecule has 0 aliphatic heterocycles. The van der Waals surface area contributed by atoms with E-state index in [2.05, 4.69) is 53.1 Å². The molecule has 0 aliphatic carbocycles. The molecule has 0 saturated heterocycles. The molecule has 0 bridgehead atoms. The van der Waals surface area contributed by atoms with Gasteiger partial charge in [0.2, 0.25) is 0 Å². The standard InChI is InChI=1S/C17H22N4/c1-3-15-11-16(20(2)19-15)12-21-9-7-14-5-4-13(6-8-18)10-17(14)21/h4-5,7,9-11H,3,6,8,12,18H2,1-2H3. The topological polar surface area (TPSA) is 48.8 Å². The van der Waals surface area contributed by atoms with Crippen molar-refractivity contribution >= 4 is 10.9 Å². The molecule has 0 saturated carbocycles. The number of hydrogen-bond donors (Lipinski definition) is 1. The predicted octanol–water partition coefficient (Wildman–Crippen LogP) is 2.49. The molecule has 21 heavy (non-hydrogen) atoms. The van der Waals surface area contributed by atoms with Gasteiger partial charge in [-0.05, 0) is 48.5 Å². The van der Waals surface area contributed by atoms with Crippen molar-refractivity contribution in [2.45, 2.75) is 26.3 Å². The fraction of sp³-hybridized carbons (Fsp3) is 0.353. The quantitative estimate of drug-likeness (QED) is 0.781. The van der Waals surface area contributed by atoms with E-state index in [4.69, 9.17) is 5.73 Å². The average Bonchev–Trinajstić information content (AvgIpc) is 3.04. The van der Waals surface area contributed by atoms with Gasteiger partial charge in [0, 0.05) is 18.8 Å². The molecule has 0 atom stereocenters. The van der Waals surface area contributed by atoms with E-state index in [0.29, 0.717) is 6.54 Å². The minimum absolute atomic E-state index is 0.688. The van der Waals surface area contributed by atoms with Crippen LogP contribution in [0.4, 0.5) is 0 Å². The Morgan fingerprint density at radius 2 is 2.05 bits per heavy atom. The van der Waals surface area contributed by atoms with E-state index in [1.54, 1.807) is 0 Å². The number of aryl methyl sites for hydroxylation is 2. The number of fused-ring (bicyclic) bond motifs is 1. The van der Waals surface area contributed by atoms with Crippen LogP contribution >= 0.6 is 0 Å². The molecule has 3 rings (SSSR count). The van der Waals surface area contributed by atoms with Crippen molar-refractivity contribution in [3.63, 3.8) is 0 Å². The van der Waals surface area contributed by atoms with Crippen molar-refractivity contribution < 1.29 is 0 Å². The Morgan fingerprint density at radius 1 is 1.19 bits per heavy atom. The highest BCUT2D eigenvalue weighted by Crippen LogP contribution is 2.19. The second-order valence-electron chi connectivity index (χ2n) is 5.48. The summed E-state index contributed by atoms with van der Waals surface area (Å²) in [6, 6.07) is 10.9. The second-order valence-corrected chi connectivity index (χ2v) is 5.48. The van der Waals surface area contributed by atoms with Gasteiger partial charge in [-0.3, -0.25) is 4.68 Å². The highest BCUT2D eigenvalue weighted by atomic mass is 15.3. The minimum Gasteiger partial charge on any atom is -0.341 e. The highest BCUT2D eigenvalue weighted by molar-refractivity contribution is 5.81. The van der Waals surface area contributed by atoms with Crippen LogP contribution in [0.1, 0.15) is 23.9 Å². The number of benzene rings is 1. The second kappa shape index (κ2) is 5.74. The zero-order valence-corrected chi connectivity index (χ0v) is 12.7. The maximum absolute atomic E-state index is 5.66. The number of nitrogens with zero attached hydrogens (tertiary/aromatic N) is 3. The van der Waals surface area contributed by atoms with Gasteiger partial charge < -0.3 is 10.3 Å². The van der Waals surface area contributed by atoms with Crippen LogP contribution in [0.5, 0.6) is 0 Å². The van der Waals surface area contributed by atoms with Gasteiger partial charge in [-0.2, -0.15) is 5.10 Å². The summed E-state index contributed by atoms with van der Waals surface area (Å²) in [5.41, 5.74) is 10.6. The summed E-state index contributed by atoms with van der Waals surface area (Å²) in [4.78, 5) is 0. The van der Waals surface area contributed by atoms with Crippen LogP contribution in [-0.2, 0) is 26.4 Å². The molecule has 2 aromatic heterocycles. The van der Waals surface area contributed by atoms with Crippen molar-refractivity contribution in [1.82, 2.24) is 14.3 Å². The molecule has 0 spiro atoms. The van der Waals surface area contributed by atoms with Gasteiger partial charge in [-0.1, -0.05) is 19.1 Å². The lowest BCUT2D eigenvalue weighted by Gasteiger charge is -2.07. The first kappa shape index (κ1) is 13.9. The molecule has 4 heteroatoms. The molecule has 4 nitrogen and oxygen atoms in total. The van der Waals surface area contributed by atoms with Gasteiger partial charge in [0.1, 0.15) is 0 Å². The van der Waals surface area contributed by atoms with E-state index in [0.717, 1.165) is 25.1 Å². The zero-order chi connectivity index (χ0) is 14.8. The molecule has 0 amide bonds.